The van der Waals surface area contributed by atoms with Crippen molar-refractivity contribution in [2.24, 2.45) is 29.6 Å². The van der Waals surface area contributed by atoms with Crippen LogP contribution < -0.4 is 5.32 Å². The maximum atomic E-state index is 14.7. The van der Waals surface area contributed by atoms with Crippen LogP contribution in [0.2, 0.25) is 0 Å². The smallest absolute Gasteiger partial charge is 0.307 e. The highest BCUT2D eigenvalue weighted by atomic mass is 32.1. The zero-order valence-electron chi connectivity index (χ0n) is 33.7. The Hall–Kier alpha value is -3.45. The number of fused-ring (bicyclic) bond motifs is 1. The standard InChI is InChI=1S/C42H61N3O9S/c1-41(2,3)54-35(49)22-28(26-12-9-8-10-13-26)39(51)45-24-32-29(23-42(4,5)53-32)37(45)31(47)21-27(20-25-15-16-25)38(50)30(46)17-18-34(48)43-36(40(52)44(6)7)33-14-11-19-55-33/h11,14,19,25-29,32,36-37H,8-10,12-13,15-18,20-24H2,1-7H3,(H,43,48)/t27-,28-,29-,32-,36-,37-/m0/s1. The zero-order valence-corrected chi connectivity index (χ0v) is 34.5. The van der Waals surface area contributed by atoms with Crippen molar-refractivity contribution in [3.05, 3.63) is 22.4 Å². The highest BCUT2D eigenvalue weighted by Gasteiger charge is 2.56. The number of carbonyl (C=O) groups excluding carboxylic acids is 7. The van der Waals surface area contributed by atoms with E-state index < -0.39 is 58.6 Å². The van der Waals surface area contributed by atoms with Crippen molar-refractivity contribution in [3.8, 4) is 0 Å². The van der Waals surface area contributed by atoms with Crippen molar-refractivity contribution in [1.82, 2.24) is 15.1 Å². The molecule has 1 aromatic heterocycles. The lowest BCUT2D eigenvalue weighted by Gasteiger charge is -2.36. The second-order valence-electron chi connectivity index (χ2n) is 18.1. The molecule has 5 rings (SSSR count). The Balaban J connectivity index is 1.31. The van der Waals surface area contributed by atoms with E-state index in [1.54, 1.807) is 51.9 Å². The van der Waals surface area contributed by atoms with Crippen molar-refractivity contribution in [3.63, 3.8) is 0 Å². The molecule has 2 saturated carbocycles. The second-order valence-corrected chi connectivity index (χ2v) is 19.1. The molecule has 13 heteroatoms. The first kappa shape index (κ1) is 42.7. The number of hydrogen-bond acceptors (Lipinski definition) is 10. The molecule has 12 nitrogen and oxygen atoms in total. The van der Waals surface area contributed by atoms with E-state index in [2.05, 4.69) is 5.32 Å². The van der Waals surface area contributed by atoms with E-state index >= 15 is 0 Å². The van der Waals surface area contributed by atoms with E-state index in [0.29, 0.717) is 17.7 Å². The van der Waals surface area contributed by atoms with E-state index in [4.69, 9.17) is 9.47 Å². The predicted molar refractivity (Wildman–Crippen MR) is 207 cm³/mol. The van der Waals surface area contributed by atoms with Gasteiger partial charge in [0.2, 0.25) is 23.5 Å². The molecule has 3 heterocycles. The largest absolute Gasteiger partial charge is 0.460 e. The van der Waals surface area contributed by atoms with E-state index in [1.807, 2.05) is 19.2 Å². The van der Waals surface area contributed by atoms with Gasteiger partial charge in [0, 0.05) is 56.6 Å². The number of amides is 3. The lowest BCUT2D eigenvalue weighted by atomic mass is 9.77. The van der Waals surface area contributed by atoms with Crippen LogP contribution in [0.1, 0.15) is 129 Å². The third-order valence-electron chi connectivity index (χ3n) is 11.6. The van der Waals surface area contributed by atoms with Gasteiger partial charge in [-0.3, -0.25) is 33.6 Å². The molecule has 0 bridgehead atoms. The molecule has 55 heavy (non-hydrogen) atoms. The number of rotatable bonds is 17. The maximum Gasteiger partial charge on any atom is 0.307 e. The first-order chi connectivity index (χ1) is 25.8. The second kappa shape index (κ2) is 17.8. The molecule has 2 aliphatic carbocycles. The fourth-order valence-corrected chi connectivity index (χ4v) is 9.63. The molecule has 2 aliphatic heterocycles. The minimum absolute atomic E-state index is 0.0112. The number of likely N-dealkylation sites (tertiary alicyclic amines) is 1. The molecular formula is C42H61N3O9S. The molecule has 0 aromatic carbocycles. The lowest BCUT2D eigenvalue weighted by molar-refractivity contribution is -0.160. The Labute approximate surface area is 329 Å². The van der Waals surface area contributed by atoms with Crippen molar-refractivity contribution >= 4 is 52.4 Å². The van der Waals surface area contributed by atoms with E-state index in [-0.39, 0.29) is 73.7 Å². The van der Waals surface area contributed by atoms with Gasteiger partial charge in [-0.2, -0.15) is 0 Å². The number of likely N-dealkylation sites (N-methyl/N-ethyl adjacent to an activating group) is 1. The summed E-state index contributed by atoms with van der Waals surface area (Å²) in [4.78, 5) is 99.2. The summed E-state index contributed by atoms with van der Waals surface area (Å²) in [5.41, 5.74) is -1.20. The first-order valence-corrected chi connectivity index (χ1v) is 21.1. The number of nitrogens with one attached hydrogen (secondary N) is 1. The van der Waals surface area contributed by atoms with Crippen molar-refractivity contribution < 1.29 is 43.0 Å². The monoisotopic (exact) mass is 783 g/mol. The van der Waals surface area contributed by atoms with Crippen LogP contribution in [0.3, 0.4) is 0 Å². The fourth-order valence-electron chi connectivity index (χ4n) is 8.86. The SMILES string of the molecule is CN(C)C(=O)[C@@H](NC(=O)CCC(=O)C(=O)[C@H](CC(=O)[C@@H]1[C@H]2CC(C)(C)O[C@H]2CN1C(=O)[C@@H](CC(=O)OC(C)(C)C)C1CCCCC1)CC1CC1)c1cccs1. The average molecular weight is 784 g/mol. The fraction of sp³-hybridized carbons (Fsp3) is 0.738. The summed E-state index contributed by atoms with van der Waals surface area (Å²) in [6.07, 6.45) is 6.17. The van der Waals surface area contributed by atoms with Crippen molar-refractivity contribution in [1.29, 1.82) is 0 Å². The highest BCUT2D eigenvalue weighted by Crippen LogP contribution is 2.46. The van der Waals surface area contributed by atoms with E-state index in [1.165, 1.54) is 16.2 Å². The predicted octanol–water partition coefficient (Wildman–Crippen LogP) is 5.61. The molecule has 0 unspecified atom stereocenters. The molecule has 1 aromatic rings. The van der Waals surface area contributed by atoms with Gasteiger partial charge in [-0.15, -0.1) is 11.3 Å². The van der Waals surface area contributed by atoms with Gasteiger partial charge in [-0.25, -0.2) is 0 Å². The average Bonchev–Trinajstić information content (AvgIpc) is 3.48. The van der Waals surface area contributed by atoms with Gasteiger partial charge in [0.1, 0.15) is 11.6 Å². The van der Waals surface area contributed by atoms with Gasteiger partial charge >= 0.3 is 5.97 Å². The van der Waals surface area contributed by atoms with Crippen LogP contribution in [-0.4, -0.2) is 94.8 Å². The van der Waals surface area contributed by atoms with Gasteiger partial charge in [-0.1, -0.05) is 38.2 Å². The summed E-state index contributed by atoms with van der Waals surface area (Å²) in [6.45, 7) is 9.56. The molecular weight excluding hydrogens is 723 g/mol. The molecule has 1 N–H and O–H groups in total. The Morgan fingerprint density at radius 3 is 2.29 bits per heavy atom. The molecule has 0 spiro atoms. The minimum Gasteiger partial charge on any atom is -0.460 e. The minimum atomic E-state index is -0.902. The van der Waals surface area contributed by atoms with Gasteiger partial charge in [0.05, 0.1) is 30.1 Å². The Kier molecular flexibility index (Phi) is 13.8. The first-order valence-electron chi connectivity index (χ1n) is 20.2. The van der Waals surface area contributed by atoms with E-state index in [9.17, 15) is 33.6 Å². The zero-order chi connectivity index (χ0) is 40.2. The third kappa shape index (κ3) is 11.3. The number of ether oxygens (including phenoxy) is 2. The summed E-state index contributed by atoms with van der Waals surface area (Å²) >= 11 is 1.33. The molecule has 4 aliphatic rings. The number of esters is 1. The van der Waals surface area contributed by atoms with Crippen LogP contribution >= 0.6 is 11.3 Å². The quantitative estimate of drug-likeness (QED) is 0.157. The van der Waals surface area contributed by atoms with Crippen molar-refractivity contribution in [2.45, 2.75) is 147 Å². The van der Waals surface area contributed by atoms with Crippen molar-refractivity contribution in [2.75, 3.05) is 20.6 Å². The number of ketones is 3. The molecule has 4 fully saturated rings. The summed E-state index contributed by atoms with van der Waals surface area (Å²) in [7, 11) is 3.19. The van der Waals surface area contributed by atoms with Gasteiger partial charge in [-0.05, 0) is 83.6 Å². The molecule has 3 amide bonds. The van der Waals surface area contributed by atoms with Gasteiger partial charge in [0.25, 0.3) is 0 Å². The Morgan fingerprint density at radius 1 is 1.00 bits per heavy atom. The summed E-state index contributed by atoms with van der Waals surface area (Å²) in [6, 6.07) is 1.79. The molecule has 2 saturated heterocycles. The summed E-state index contributed by atoms with van der Waals surface area (Å²) < 4.78 is 12.1. The molecule has 304 valence electrons. The maximum absolute atomic E-state index is 14.7. The number of nitrogens with zero attached hydrogens (tertiary/aromatic N) is 2. The Morgan fingerprint density at radius 2 is 1.69 bits per heavy atom. The van der Waals surface area contributed by atoms with E-state index in [0.717, 1.165) is 44.9 Å². The number of thiophene rings is 1. The summed E-state index contributed by atoms with van der Waals surface area (Å²) in [5.74, 6) is -4.76. The van der Waals surface area contributed by atoms with Crippen LogP contribution in [0, 0.1) is 29.6 Å². The van der Waals surface area contributed by atoms with Gasteiger partial charge in [0.15, 0.2) is 11.6 Å². The third-order valence-corrected chi connectivity index (χ3v) is 12.5. The number of carbonyl (C=O) groups is 7. The summed E-state index contributed by atoms with van der Waals surface area (Å²) in [5, 5.41) is 4.53. The molecule has 0 radical (unpaired) electrons. The number of Topliss-reactive ketones (excluding diaryl/α,β-unsaturated/α-hetero) is 3. The van der Waals surface area contributed by atoms with Crippen LogP contribution in [0.25, 0.3) is 0 Å². The van der Waals surface area contributed by atoms with Crippen LogP contribution in [0.4, 0.5) is 0 Å². The van der Waals surface area contributed by atoms with Crippen LogP contribution in [0.5, 0.6) is 0 Å². The lowest BCUT2D eigenvalue weighted by Crippen LogP contribution is -2.49. The topological polar surface area (TPSA) is 156 Å². The molecule has 6 atom stereocenters. The normalized spacial score (nSPS) is 24.0. The van der Waals surface area contributed by atoms with Crippen LogP contribution in [0.15, 0.2) is 17.5 Å². The highest BCUT2D eigenvalue weighted by molar-refractivity contribution is 7.10. The van der Waals surface area contributed by atoms with Gasteiger partial charge < -0.3 is 24.6 Å². The van der Waals surface area contributed by atoms with Crippen LogP contribution in [-0.2, 0) is 43.0 Å². The Bertz CT molecular complexity index is 1590. The number of hydrogen-bond donors (Lipinski definition) is 1.